The molecule has 134 valence electrons. The van der Waals surface area contributed by atoms with Crippen molar-refractivity contribution in [2.45, 2.75) is 44.1 Å². The van der Waals surface area contributed by atoms with Crippen LogP contribution < -0.4 is 5.56 Å². The van der Waals surface area contributed by atoms with Crippen LogP contribution in [-0.2, 0) is 0 Å². The number of nitrogens with one attached hydrogen (secondary N) is 1. The molecule has 5 fully saturated rings. The van der Waals surface area contributed by atoms with Gasteiger partial charge in [0.25, 0.3) is 11.5 Å². The second-order valence-electron chi connectivity index (χ2n) is 8.72. The smallest absolute Gasteiger partial charge is 0.263 e. The highest BCUT2D eigenvalue weighted by Gasteiger charge is 2.53. The maximum absolute atomic E-state index is 12.6. The number of aromatic amines is 1. The molecule has 0 radical (unpaired) electrons. The first-order valence-corrected chi connectivity index (χ1v) is 9.70. The molecule has 4 bridgehead atoms. The predicted octanol–water partition coefficient (Wildman–Crippen LogP) is 1.50. The van der Waals surface area contributed by atoms with Gasteiger partial charge in [-0.25, -0.2) is 4.98 Å². The van der Waals surface area contributed by atoms with Crippen molar-refractivity contribution in [1.29, 1.82) is 0 Å². The van der Waals surface area contributed by atoms with E-state index in [4.69, 9.17) is 0 Å². The molecule has 1 aliphatic heterocycles. The van der Waals surface area contributed by atoms with Crippen LogP contribution in [0.4, 0.5) is 0 Å². The van der Waals surface area contributed by atoms with Crippen LogP contribution in [0, 0.1) is 17.8 Å². The van der Waals surface area contributed by atoms with Gasteiger partial charge in [0.15, 0.2) is 0 Å². The van der Waals surface area contributed by atoms with Crippen molar-refractivity contribution >= 4 is 5.91 Å². The largest absolute Gasteiger partial charge is 0.336 e. The van der Waals surface area contributed by atoms with Gasteiger partial charge in [-0.2, -0.15) is 0 Å². The van der Waals surface area contributed by atoms with E-state index in [0.29, 0.717) is 5.54 Å². The molecule has 6 nitrogen and oxygen atoms in total. The number of aromatic nitrogens is 2. The van der Waals surface area contributed by atoms with Gasteiger partial charge in [0.05, 0.1) is 6.33 Å². The van der Waals surface area contributed by atoms with Crippen molar-refractivity contribution in [3.8, 4) is 0 Å². The lowest BCUT2D eigenvalue weighted by Crippen LogP contribution is -2.64. The first kappa shape index (κ1) is 15.6. The van der Waals surface area contributed by atoms with Crippen LogP contribution in [0.5, 0.6) is 0 Å². The van der Waals surface area contributed by atoms with Gasteiger partial charge in [-0.05, 0) is 56.3 Å². The fourth-order valence-corrected chi connectivity index (χ4v) is 6.50. The van der Waals surface area contributed by atoms with Crippen molar-refractivity contribution in [1.82, 2.24) is 19.8 Å². The fraction of sp³-hybridized carbons (Fsp3) is 0.737. The Labute approximate surface area is 147 Å². The normalized spacial score (nSPS) is 37.4. The Morgan fingerprint density at radius 3 is 2.20 bits per heavy atom. The molecule has 0 aromatic carbocycles. The van der Waals surface area contributed by atoms with E-state index in [2.05, 4.69) is 14.9 Å². The Morgan fingerprint density at radius 2 is 1.64 bits per heavy atom. The summed E-state index contributed by atoms with van der Waals surface area (Å²) < 4.78 is 0. The highest BCUT2D eigenvalue weighted by Crippen LogP contribution is 2.57. The van der Waals surface area contributed by atoms with E-state index in [-0.39, 0.29) is 17.0 Å². The molecule has 6 rings (SSSR count). The van der Waals surface area contributed by atoms with Crippen molar-refractivity contribution < 1.29 is 4.79 Å². The van der Waals surface area contributed by atoms with E-state index in [1.54, 1.807) is 0 Å². The summed E-state index contributed by atoms with van der Waals surface area (Å²) in [5.41, 5.74) is 0.227. The third-order valence-corrected chi connectivity index (χ3v) is 7.19. The number of piperazine rings is 1. The van der Waals surface area contributed by atoms with Crippen LogP contribution in [0.3, 0.4) is 0 Å². The summed E-state index contributed by atoms with van der Waals surface area (Å²) in [7, 11) is 0. The Bertz CT molecular complexity index is 700. The molecule has 6 heteroatoms. The molecule has 0 atom stereocenters. The number of H-pyrrole nitrogens is 1. The van der Waals surface area contributed by atoms with Crippen LogP contribution in [-0.4, -0.2) is 57.4 Å². The van der Waals surface area contributed by atoms with E-state index in [1.165, 1.54) is 51.0 Å². The number of rotatable bonds is 2. The number of nitrogens with zero attached hydrogens (tertiary/aromatic N) is 3. The molecule has 2 heterocycles. The first-order chi connectivity index (χ1) is 12.1. The maximum atomic E-state index is 12.6. The monoisotopic (exact) mass is 342 g/mol. The zero-order chi connectivity index (χ0) is 17.0. The molecule has 25 heavy (non-hydrogen) atoms. The molecule has 5 aliphatic rings. The minimum absolute atomic E-state index is 0.158. The van der Waals surface area contributed by atoms with Crippen molar-refractivity contribution in [3.05, 3.63) is 28.4 Å². The quantitative estimate of drug-likeness (QED) is 0.884. The summed E-state index contributed by atoms with van der Waals surface area (Å²) >= 11 is 0. The summed E-state index contributed by atoms with van der Waals surface area (Å²) in [6.07, 6.45) is 11.2. The Kier molecular flexibility index (Phi) is 3.52. The number of amides is 1. The number of carbonyl (C=O) groups excluding carboxylic acids is 1. The zero-order valence-electron chi connectivity index (χ0n) is 14.6. The van der Waals surface area contributed by atoms with E-state index in [9.17, 15) is 9.59 Å². The standard InChI is InChI=1S/C19H26N4O2/c24-17-16(11-20-12-21-17)18(25)22-1-3-23(4-2-22)19-8-13-5-14(9-19)7-15(6-13)10-19/h11-15H,1-10H2,(H,20,21,24). The topological polar surface area (TPSA) is 69.3 Å². The second-order valence-corrected chi connectivity index (χ2v) is 8.72. The van der Waals surface area contributed by atoms with Crippen molar-refractivity contribution in [2.75, 3.05) is 26.2 Å². The predicted molar refractivity (Wildman–Crippen MR) is 93.2 cm³/mol. The summed E-state index contributed by atoms with van der Waals surface area (Å²) in [6, 6.07) is 0. The highest BCUT2D eigenvalue weighted by molar-refractivity contribution is 5.93. The van der Waals surface area contributed by atoms with E-state index in [0.717, 1.165) is 43.9 Å². The van der Waals surface area contributed by atoms with Crippen LogP contribution in [0.1, 0.15) is 48.9 Å². The zero-order valence-corrected chi connectivity index (χ0v) is 14.6. The van der Waals surface area contributed by atoms with Crippen LogP contribution in [0.2, 0.25) is 0 Å². The highest BCUT2D eigenvalue weighted by atomic mass is 16.2. The molecule has 1 saturated heterocycles. The SMILES string of the molecule is O=C(c1cnc[nH]c1=O)N1CCN(C23CC4CC(CC(C4)C2)C3)CC1. The summed E-state index contributed by atoms with van der Waals surface area (Å²) in [6.45, 7) is 3.32. The molecule has 0 unspecified atom stereocenters. The first-order valence-electron chi connectivity index (χ1n) is 9.70. The molecule has 4 saturated carbocycles. The summed E-state index contributed by atoms with van der Waals surface area (Å²) in [4.78, 5) is 35.4. The number of hydrogen-bond acceptors (Lipinski definition) is 4. The van der Waals surface area contributed by atoms with Gasteiger partial charge < -0.3 is 9.88 Å². The number of hydrogen-bond donors (Lipinski definition) is 1. The van der Waals surface area contributed by atoms with E-state index < -0.39 is 0 Å². The van der Waals surface area contributed by atoms with Crippen molar-refractivity contribution in [3.63, 3.8) is 0 Å². The Balaban J connectivity index is 1.28. The molecule has 0 spiro atoms. The molecule has 1 amide bonds. The molecule has 1 N–H and O–H groups in total. The second kappa shape index (κ2) is 5.66. The minimum Gasteiger partial charge on any atom is -0.336 e. The van der Waals surface area contributed by atoms with Gasteiger partial charge >= 0.3 is 0 Å². The average molecular weight is 342 g/mol. The summed E-state index contributed by atoms with van der Waals surface area (Å²) in [5, 5.41) is 0. The summed E-state index contributed by atoms with van der Waals surface area (Å²) in [5.74, 6) is 2.65. The van der Waals surface area contributed by atoms with Gasteiger partial charge in [-0.15, -0.1) is 0 Å². The average Bonchev–Trinajstić information content (AvgIpc) is 2.61. The lowest BCUT2D eigenvalue weighted by Gasteiger charge is -2.61. The van der Waals surface area contributed by atoms with Crippen LogP contribution in [0.25, 0.3) is 0 Å². The van der Waals surface area contributed by atoms with Crippen LogP contribution >= 0.6 is 0 Å². The van der Waals surface area contributed by atoms with Crippen molar-refractivity contribution in [2.24, 2.45) is 17.8 Å². The van der Waals surface area contributed by atoms with Gasteiger partial charge in [-0.3, -0.25) is 14.5 Å². The van der Waals surface area contributed by atoms with E-state index >= 15 is 0 Å². The lowest BCUT2D eigenvalue weighted by molar-refractivity contribution is -0.0987. The molecule has 1 aromatic rings. The van der Waals surface area contributed by atoms with Gasteiger partial charge in [-0.1, -0.05) is 0 Å². The van der Waals surface area contributed by atoms with Gasteiger partial charge in [0.1, 0.15) is 5.56 Å². The molecule has 4 aliphatic carbocycles. The third-order valence-electron chi connectivity index (χ3n) is 7.19. The number of carbonyl (C=O) groups is 1. The fourth-order valence-electron chi connectivity index (χ4n) is 6.50. The van der Waals surface area contributed by atoms with Gasteiger partial charge in [0, 0.05) is 37.9 Å². The van der Waals surface area contributed by atoms with Gasteiger partial charge in [0.2, 0.25) is 0 Å². The minimum atomic E-state index is -0.344. The maximum Gasteiger partial charge on any atom is 0.263 e. The Hall–Kier alpha value is -1.69. The molecule has 1 aromatic heterocycles. The van der Waals surface area contributed by atoms with E-state index in [1.807, 2.05) is 4.90 Å². The lowest BCUT2D eigenvalue weighted by atomic mass is 9.52. The Morgan fingerprint density at radius 1 is 1.04 bits per heavy atom. The third kappa shape index (κ3) is 2.53. The molecular formula is C19H26N4O2. The van der Waals surface area contributed by atoms with Crippen LogP contribution in [0.15, 0.2) is 17.3 Å². The molecular weight excluding hydrogens is 316 g/mol.